The van der Waals surface area contributed by atoms with Gasteiger partial charge in [-0.2, -0.15) is 5.10 Å². The van der Waals surface area contributed by atoms with Crippen molar-refractivity contribution in [3.8, 4) is 28.6 Å². The molecular weight excluding hydrogens is 352 g/mol. The average molecular weight is 372 g/mol. The van der Waals surface area contributed by atoms with Gasteiger partial charge in [-0.3, -0.25) is 0 Å². The van der Waals surface area contributed by atoms with Crippen LogP contribution in [0.15, 0.2) is 42.5 Å². The van der Waals surface area contributed by atoms with Crippen LogP contribution in [0.5, 0.6) is 17.2 Å². The fourth-order valence-corrected chi connectivity index (χ4v) is 2.82. The number of nitrogens with zero attached hydrogens (tertiary/aromatic N) is 2. The first-order valence-corrected chi connectivity index (χ1v) is 8.34. The van der Waals surface area contributed by atoms with Crippen LogP contribution in [0.3, 0.4) is 0 Å². The van der Waals surface area contributed by atoms with Crippen molar-refractivity contribution in [2.75, 3.05) is 26.8 Å². The molecule has 0 bridgehead atoms. The normalized spacial score (nSPS) is 10.4. The predicted molar refractivity (Wildman–Crippen MR) is 102 cm³/mol. The smallest absolute Gasteiger partial charge is 0.214 e. The van der Waals surface area contributed by atoms with E-state index in [0.29, 0.717) is 34.4 Å². The Morgan fingerprint density at radius 3 is 2.31 bits per heavy atom. The van der Waals surface area contributed by atoms with Gasteiger partial charge < -0.3 is 19.6 Å². The van der Waals surface area contributed by atoms with Crippen LogP contribution >= 0.6 is 12.2 Å². The molecule has 3 aromatic rings. The van der Waals surface area contributed by atoms with E-state index in [1.807, 2.05) is 36.4 Å². The fourth-order valence-electron chi connectivity index (χ4n) is 2.62. The summed E-state index contributed by atoms with van der Waals surface area (Å²) in [5.41, 5.74) is 5.13. The minimum atomic E-state index is 0.456. The van der Waals surface area contributed by atoms with Crippen molar-refractivity contribution in [1.82, 2.24) is 14.9 Å². The summed E-state index contributed by atoms with van der Waals surface area (Å²) < 4.78 is 18.4. The van der Waals surface area contributed by atoms with Crippen LogP contribution in [0.2, 0.25) is 0 Å². The van der Waals surface area contributed by atoms with Crippen LogP contribution in [-0.2, 0) is 6.54 Å². The standard InChI is InChI=1S/C18H20N4O3S/c1-23-14-10-16(25-3)15(24-2)9-13(14)11-19-22-17(20-21-18(22)26)12-7-5-4-6-8-12/h4-10,19H,11H2,1-3H3,(H,21,26). The van der Waals surface area contributed by atoms with Crippen LogP contribution in [0.1, 0.15) is 5.56 Å². The Kier molecular flexibility index (Phi) is 5.43. The van der Waals surface area contributed by atoms with Gasteiger partial charge in [0.05, 0.1) is 27.9 Å². The monoisotopic (exact) mass is 372 g/mol. The summed E-state index contributed by atoms with van der Waals surface area (Å²) in [6.45, 7) is 0.456. The van der Waals surface area contributed by atoms with Gasteiger partial charge in [-0.1, -0.05) is 30.3 Å². The van der Waals surface area contributed by atoms with E-state index in [0.717, 1.165) is 11.1 Å². The van der Waals surface area contributed by atoms with E-state index in [1.165, 1.54) is 0 Å². The molecule has 0 aliphatic carbocycles. The molecule has 0 amide bonds. The molecule has 7 nitrogen and oxygen atoms in total. The minimum Gasteiger partial charge on any atom is -0.496 e. The van der Waals surface area contributed by atoms with Gasteiger partial charge in [0, 0.05) is 17.2 Å². The Morgan fingerprint density at radius 1 is 1.00 bits per heavy atom. The molecule has 1 heterocycles. The van der Waals surface area contributed by atoms with E-state index in [9.17, 15) is 0 Å². The van der Waals surface area contributed by atoms with Gasteiger partial charge in [0.1, 0.15) is 5.75 Å². The van der Waals surface area contributed by atoms with E-state index < -0.39 is 0 Å². The lowest BCUT2D eigenvalue weighted by Crippen LogP contribution is -2.16. The molecule has 0 unspecified atom stereocenters. The predicted octanol–water partition coefficient (Wildman–Crippen LogP) is 3.38. The maximum absolute atomic E-state index is 5.47. The summed E-state index contributed by atoms with van der Waals surface area (Å²) in [7, 11) is 4.80. The zero-order valence-corrected chi connectivity index (χ0v) is 15.6. The van der Waals surface area contributed by atoms with Crippen LogP contribution in [0.25, 0.3) is 11.4 Å². The van der Waals surface area contributed by atoms with E-state index in [4.69, 9.17) is 26.4 Å². The SMILES string of the molecule is COc1cc(OC)c(OC)cc1CNn1c(-c2ccccc2)n[nH]c1=S. The summed E-state index contributed by atoms with van der Waals surface area (Å²) in [4.78, 5) is 0. The molecule has 136 valence electrons. The number of aromatic nitrogens is 3. The number of benzene rings is 2. The molecule has 2 N–H and O–H groups in total. The fraction of sp³-hybridized carbons (Fsp3) is 0.222. The molecule has 0 saturated heterocycles. The number of ether oxygens (including phenoxy) is 3. The Bertz CT molecular complexity index is 937. The van der Waals surface area contributed by atoms with Gasteiger partial charge in [-0.15, -0.1) is 0 Å². The van der Waals surface area contributed by atoms with Gasteiger partial charge in [0.2, 0.25) is 4.77 Å². The zero-order chi connectivity index (χ0) is 18.5. The number of aromatic amines is 1. The third-order valence-electron chi connectivity index (χ3n) is 3.92. The van der Waals surface area contributed by atoms with Gasteiger partial charge in [0.25, 0.3) is 0 Å². The first-order chi connectivity index (χ1) is 12.7. The van der Waals surface area contributed by atoms with Crippen molar-refractivity contribution in [2.24, 2.45) is 0 Å². The van der Waals surface area contributed by atoms with Gasteiger partial charge in [-0.25, -0.2) is 9.77 Å². The van der Waals surface area contributed by atoms with Crippen molar-refractivity contribution in [2.45, 2.75) is 6.54 Å². The van der Waals surface area contributed by atoms with Crippen LogP contribution in [0.4, 0.5) is 0 Å². The quantitative estimate of drug-likeness (QED) is 0.620. The molecule has 8 heteroatoms. The number of nitrogens with one attached hydrogen (secondary N) is 2. The lowest BCUT2D eigenvalue weighted by molar-refractivity contribution is 0.347. The lowest BCUT2D eigenvalue weighted by atomic mass is 10.1. The van der Waals surface area contributed by atoms with E-state index in [-0.39, 0.29) is 0 Å². The zero-order valence-electron chi connectivity index (χ0n) is 14.8. The van der Waals surface area contributed by atoms with Crippen LogP contribution in [-0.4, -0.2) is 36.2 Å². The Balaban J connectivity index is 1.91. The molecule has 0 aliphatic heterocycles. The molecule has 2 aromatic carbocycles. The summed E-state index contributed by atoms with van der Waals surface area (Å²) in [5, 5.41) is 7.13. The molecule has 0 radical (unpaired) electrons. The van der Waals surface area contributed by atoms with Crippen molar-refractivity contribution in [3.63, 3.8) is 0 Å². The second-order valence-corrected chi connectivity index (χ2v) is 5.79. The topological polar surface area (TPSA) is 73.3 Å². The molecule has 26 heavy (non-hydrogen) atoms. The molecule has 1 aromatic heterocycles. The molecule has 0 spiro atoms. The third kappa shape index (κ3) is 3.50. The van der Waals surface area contributed by atoms with Crippen LogP contribution in [0, 0.1) is 4.77 Å². The van der Waals surface area contributed by atoms with Crippen molar-refractivity contribution in [1.29, 1.82) is 0 Å². The number of methoxy groups -OCH3 is 3. The summed E-state index contributed by atoms with van der Waals surface area (Å²) >= 11 is 5.34. The second kappa shape index (κ2) is 7.92. The number of hydrogen-bond acceptors (Lipinski definition) is 6. The highest BCUT2D eigenvalue weighted by Gasteiger charge is 2.13. The maximum Gasteiger partial charge on any atom is 0.214 e. The third-order valence-corrected chi connectivity index (χ3v) is 4.19. The Labute approximate surface area is 156 Å². The van der Waals surface area contributed by atoms with Gasteiger partial charge >= 0.3 is 0 Å². The van der Waals surface area contributed by atoms with Crippen LogP contribution < -0.4 is 19.6 Å². The molecule has 3 rings (SSSR count). The van der Waals surface area contributed by atoms with Crippen molar-refractivity contribution in [3.05, 3.63) is 52.8 Å². The highest BCUT2D eigenvalue weighted by Crippen LogP contribution is 2.34. The summed E-state index contributed by atoms with van der Waals surface area (Å²) in [6.07, 6.45) is 0. The Morgan fingerprint density at radius 2 is 1.65 bits per heavy atom. The summed E-state index contributed by atoms with van der Waals surface area (Å²) in [6, 6.07) is 13.5. The van der Waals surface area contributed by atoms with Gasteiger partial charge in [0.15, 0.2) is 17.3 Å². The summed E-state index contributed by atoms with van der Waals surface area (Å²) in [5.74, 6) is 2.63. The first kappa shape index (κ1) is 17.8. The molecule has 0 atom stereocenters. The van der Waals surface area contributed by atoms with E-state index in [2.05, 4.69) is 15.6 Å². The minimum absolute atomic E-state index is 0.456. The number of hydrogen-bond donors (Lipinski definition) is 2. The largest absolute Gasteiger partial charge is 0.496 e. The van der Waals surface area contributed by atoms with Crippen molar-refractivity contribution < 1.29 is 14.2 Å². The van der Waals surface area contributed by atoms with E-state index >= 15 is 0 Å². The highest BCUT2D eigenvalue weighted by atomic mass is 32.1. The maximum atomic E-state index is 5.47. The molecular formula is C18H20N4O3S. The second-order valence-electron chi connectivity index (χ2n) is 5.41. The Hall–Kier alpha value is -3.00. The van der Waals surface area contributed by atoms with Gasteiger partial charge in [-0.05, 0) is 18.3 Å². The first-order valence-electron chi connectivity index (χ1n) is 7.93. The molecule has 0 saturated carbocycles. The highest BCUT2D eigenvalue weighted by molar-refractivity contribution is 7.71. The number of rotatable bonds is 7. The van der Waals surface area contributed by atoms with Crippen molar-refractivity contribution >= 4 is 12.2 Å². The molecule has 0 aliphatic rings. The van der Waals surface area contributed by atoms with E-state index in [1.54, 1.807) is 32.1 Å². The lowest BCUT2D eigenvalue weighted by Gasteiger charge is -2.16. The molecule has 0 fully saturated rings. The number of H-pyrrole nitrogens is 1. The average Bonchev–Trinajstić information content (AvgIpc) is 3.06.